The average molecular weight is 617 g/mol. The number of rotatable bonds is 9. The minimum atomic E-state index is -5.25. The Labute approximate surface area is 250 Å². The first-order chi connectivity index (χ1) is 20.9. The highest BCUT2D eigenvalue weighted by Crippen LogP contribution is 2.34. The number of aromatic nitrogens is 4. The Balaban J connectivity index is 1.43. The fraction of sp³-hybridized carbons (Fsp3) is 0.414. The van der Waals surface area contributed by atoms with Crippen LogP contribution in [0.15, 0.2) is 30.3 Å². The van der Waals surface area contributed by atoms with Crippen LogP contribution >= 0.6 is 0 Å². The van der Waals surface area contributed by atoms with Crippen LogP contribution in [-0.2, 0) is 9.53 Å². The van der Waals surface area contributed by atoms with Gasteiger partial charge in [0.05, 0.1) is 48.5 Å². The molecular weight excluding hydrogens is 585 g/mol. The van der Waals surface area contributed by atoms with Crippen molar-refractivity contribution in [1.29, 1.82) is 0 Å². The smallest absolute Gasteiger partial charge is 0.491 e. The number of ether oxygens (including phenoxy) is 5. The lowest BCUT2D eigenvalue weighted by atomic mass is 10.1. The van der Waals surface area contributed by atoms with Gasteiger partial charge in [0, 0.05) is 31.1 Å². The second kappa shape index (κ2) is 12.6. The third-order valence-electron chi connectivity index (χ3n) is 6.84. The number of carbonyl (C=O) groups is 1. The van der Waals surface area contributed by atoms with Gasteiger partial charge < -0.3 is 23.7 Å². The summed E-state index contributed by atoms with van der Waals surface area (Å²) in [4.78, 5) is 31.4. The zero-order valence-electron chi connectivity index (χ0n) is 24.7. The Bertz CT molecular complexity index is 1680. The van der Waals surface area contributed by atoms with Crippen LogP contribution in [-0.4, -0.2) is 89.7 Å². The van der Waals surface area contributed by atoms with Gasteiger partial charge in [0.15, 0.2) is 11.5 Å². The molecule has 2 aromatic heterocycles. The van der Waals surface area contributed by atoms with Gasteiger partial charge in [-0.1, -0.05) is 0 Å². The summed E-state index contributed by atoms with van der Waals surface area (Å²) in [6.07, 6.45) is -5.05. The molecule has 0 aliphatic carbocycles. The van der Waals surface area contributed by atoms with Gasteiger partial charge in [-0.3, -0.25) is 10.2 Å². The lowest BCUT2D eigenvalue weighted by Gasteiger charge is -2.35. The Kier molecular flexibility index (Phi) is 8.87. The molecule has 1 aliphatic heterocycles. The van der Waals surface area contributed by atoms with Gasteiger partial charge in [-0.15, -0.1) is 0 Å². The van der Waals surface area contributed by atoms with Crippen molar-refractivity contribution in [2.45, 2.75) is 39.2 Å². The molecule has 0 saturated carbocycles. The number of esters is 1. The highest BCUT2D eigenvalue weighted by Gasteiger charge is 2.42. The van der Waals surface area contributed by atoms with Crippen LogP contribution < -0.4 is 24.3 Å². The SMILES string of the molecule is COc1cc2nc(Nc3nc(OC(=O)C(F)(F)F)c4cc(OCCN5CC(C)OC(C)C5)ccc4n3)nc(C)c2cc1OC. The number of carbonyl (C=O) groups excluding carboxylic acids is 1. The van der Waals surface area contributed by atoms with Crippen LogP contribution in [0.4, 0.5) is 25.1 Å². The molecule has 0 bridgehead atoms. The first-order valence-corrected chi connectivity index (χ1v) is 13.7. The molecule has 5 rings (SSSR count). The number of alkyl halides is 3. The topological polar surface area (TPSA) is 130 Å². The van der Waals surface area contributed by atoms with E-state index in [4.69, 9.17) is 23.7 Å². The summed E-state index contributed by atoms with van der Waals surface area (Å²) in [5, 5.41) is 3.54. The van der Waals surface area contributed by atoms with Gasteiger partial charge in [-0.25, -0.2) is 19.7 Å². The molecule has 234 valence electrons. The number of halogens is 3. The number of fused-ring (bicyclic) bond motifs is 2. The molecule has 15 heteroatoms. The number of aryl methyl sites for hydroxylation is 1. The lowest BCUT2D eigenvalue weighted by Crippen LogP contribution is -2.46. The molecule has 44 heavy (non-hydrogen) atoms. The standard InChI is InChI=1S/C29H31F3N6O6/c1-15-13-38(14-16(2)43-15)8-9-42-18-6-7-21-20(10-18)25(44-26(39)29(30,31)32)36-28(34-21)37-27-33-17(3)19-11-23(40-4)24(41-5)12-22(19)35-27/h6-7,10-12,15-16H,8-9,13-14H2,1-5H3,(H,33,34,35,36,37). The van der Waals surface area contributed by atoms with Crippen LogP contribution in [0.25, 0.3) is 21.8 Å². The summed E-state index contributed by atoms with van der Waals surface area (Å²) >= 11 is 0. The summed E-state index contributed by atoms with van der Waals surface area (Å²) in [5.74, 6) is -1.88. The summed E-state index contributed by atoms with van der Waals surface area (Å²) in [6.45, 7) is 8.21. The summed E-state index contributed by atoms with van der Waals surface area (Å²) in [7, 11) is 3.00. The van der Waals surface area contributed by atoms with E-state index in [1.165, 1.54) is 26.4 Å². The summed E-state index contributed by atoms with van der Waals surface area (Å²) in [5.41, 5.74) is 1.27. The molecular formula is C29H31F3N6O6. The van der Waals surface area contributed by atoms with E-state index in [2.05, 4.69) is 30.2 Å². The van der Waals surface area contributed by atoms with Crippen LogP contribution in [0.2, 0.25) is 0 Å². The van der Waals surface area contributed by atoms with Crippen molar-refractivity contribution < 1.29 is 41.7 Å². The molecule has 2 aromatic carbocycles. The van der Waals surface area contributed by atoms with Crippen molar-refractivity contribution in [3.63, 3.8) is 0 Å². The fourth-order valence-electron chi connectivity index (χ4n) is 4.97. The molecule has 1 saturated heterocycles. The van der Waals surface area contributed by atoms with Crippen molar-refractivity contribution in [2.24, 2.45) is 0 Å². The molecule has 3 heterocycles. The van der Waals surface area contributed by atoms with E-state index in [9.17, 15) is 18.0 Å². The zero-order chi connectivity index (χ0) is 31.6. The Morgan fingerprint density at radius 3 is 2.30 bits per heavy atom. The predicted octanol–water partition coefficient (Wildman–Crippen LogP) is 4.60. The number of hydrogen-bond donors (Lipinski definition) is 1. The molecule has 12 nitrogen and oxygen atoms in total. The van der Waals surface area contributed by atoms with Crippen LogP contribution in [0.3, 0.4) is 0 Å². The molecule has 2 unspecified atom stereocenters. The number of anilines is 2. The number of benzene rings is 2. The molecule has 1 N–H and O–H groups in total. The van der Waals surface area contributed by atoms with Crippen molar-refractivity contribution in [1.82, 2.24) is 24.8 Å². The Hall–Kier alpha value is -4.50. The van der Waals surface area contributed by atoms with Crippen LogP contribution in [0, 0.1) is 6.92 Å². The van der Waals surface area contributed by atoms with Crippen LogP contribution in [0.1, 0.15) is 19.5 Å². The summed E-state index contributed by atoms with van der Waals surface area (Å²) in [6, 6.07) is 7.98. The molecule has 0 amide bonds. The van der Waals surface area contributed by atoms with E-state index in [1.54, 1.807) is 25.1 Å². The number of morpholine rings is 1. The highest BCUT2D eigenvalue weighted by molar-refractivity contribution is 5.90. The van der Waals surface area contributed by atoms with Gasteiger partial charge in [-0.2, -0.15) is 18.2 Å². The largest absolute Gasteiger partial charge is 0.493 e. The second-order valence-corrected chi connectivity index (χ2v) is 10.3. The molecule has 0 spiro atoms. The van der Waals surface area contributed by atoms with Crippen molar-refractivity contribution in [3.05, 3.63) is 36.0 Å². The van der Waals surface area contributed by atoms with E-state index < -0.39 is 18.0 Å². The first-order valence-electron chi connectivity index (χ1n) is 13.7. The van der Waals surface area contributed by atoms with E-state index in [0.29, 0.717) is 47.0 Å². The van der Waals surface area contributed by atoms with Crippen molar-refractivity contribution in [2.75, 3.05) is 45.8 Å². The van der Waals surface area contributed by atoms with E-state index in [1.807, 2.05) is 13.8 Å². The third-order valence-corrected chi connectivity index (χ3v) is 6.84. The van der Waals surface area contributed by atoms with Crippen molar-refractivity contribution in [3.8, 4) is 23.1 Å². The maximum absolute atomic E-state index is 13.2. The number of methoxy groups -OCH3 is 2. The Morgan fingerprint density at radius 1 is 0.955 bits per heavy atom. The molecule has 1 fully saturated rings. The van der Waals surface area contributed by atoms with Gasteiger partial charge in [0.2, 0.25) is 17.8 Å². The first kappa shape index (κ1) is 30.9. The van der Waals surface area contributed by atoms with Crippen molar-refractivity contribution >= 4 is 39.7 Å². The van der Waals surface area contributed by atoms with E-state index >= 15 is 0 Å². The van der Waals surface area contributed by atoms with Gasteiger partial charge in [0.1, 0.15) is 12.4 Å². The maximum Gasteiger partial charge on any atom is 0.491 e. The highest BCUT2D eigenvalue weighted by atomic mass is 19.4. The predicted molar refractivity (Wildman–Crippen MR) is 154 cm³/mol. The molecule has 0 radical (unpaired) electrons. The van der Waals surface area contributed by atoms with Gasteiger partial charge in [-0.05, 0) is 45.0 Å². The minimum Gasteiger partial charge on any atom is -0.493 e. The molecule has 1 aliphatic rings. The van der Waals surface area contributed by atoms with Crippen LogP contribution in [0.5, 0.6) is 23.1 Å². The second-order valence-electron chi connectivity index (χ2n) is 10.3. The Morgan fingerprint density at radius 2 is 1.61 bits per heavy atom. The normalized spacial score (nSPS) is 17.5. The fourth-order valence-corrected chi connectivity index (χ4v) is 4.97. The van der Waals surface area contributed by atoms with Gasteiger partial charge in [0.25, 0.3) is 0 Å². The molecule has 4 aromatic rings. The quantitative estimate of drug-likeness (QED) is 0.264. The monoisotopic (exact) mass is 616 g/mol. The third kappa shape index (κ3) is 7.00. The van der Waals surface area contributed by atoms with Gasteiger partial charge >= 0.3 is 12.1 Å². The number of nitrogens with zero attached hydrogens (tertiary/aromatic N) is 5. The lowest BCUT2D eigenvalue weighted by molar-refractivity contribution is -0.189. The van der Waals surface area contributed by atoms with E-state index in [0.717, 1.165) is 13.1 Å². The maximum atomic E-state index is 13.2. The zero-order valence-corrected chi connectivity index (χ0v) is 24.7. The summed E-state index contributed by atoms with van der Waals surface area (Å²) < 4.78 is 66.5. The van der Waals surface area contributed by atoms with E-state index in [-0.39, 0.29) is 35.0 Å². The molecule has 2 atom stereocenters. The average Bonchev–Trinajstić information content (AvgIpc) is 2.95. The number of nitrogens with one attached hydrogen (secondary N) is 1. The minimum absolute atomic E-state index is 0.0479. The number of hydrogen-bond acceptors (Lipinski definition) is 12.